The van der Waals surface area contributed by atoms with Crippen LogP contribution in [0.15, 0.2) is 18.2 Å². The van der Waals surface area contributed by atoms with Crippen LogP contribution in [0.5, 0.6) is 0 Å². The molecule has 0 heterocycles. The molecule has 80 valence electrons. The summed E-state index contributed by atoms with van der Waals surface area (Å²) >= 11 is 0. The maximum Gasteiger partial charge on any atom is 0.310 e. The molecule has 15 heavy (non-hydrogen) atoms. The number of carboxylic acids is 1. The molecule has 2 atom stereocenters. The van der Waals surface area contributed by atoms with Gasteiger partial charge in [0.05, 0.1) is 5.92 Å². The molecule has 1 N–H and O–H groups in total. The highest BCUT2D eigenvalue weighted by Gasteiger charge is 2.29. The normalized spacial score (nSPS) is 24.7. The maximum absolute atomic E-state index is 11.1. The Bertz CT molecular complexity index is 396. The van der Waals surface area contributed by atoms with Gasteiger partial charge in [-0.3, -0.25) is 4.79 Å². The largest absolute Gasteiger partial charge is 0.481 e. The summed E-state index contributed by atoms with van der Waals surface area (Å²) in [5.41, 5.74) is 3.46. The van der Waals surface area contributed by atoms with Crippen molar-refractivity contribution in [3.63, 3.8) is 0 Å². The molecule has 2 nitrogen and oxygen atoms in total. The minimum Gasteiger partial charge on any atom is -0.481 e. The van der Waals surface area contributed by atoms with Gasteiger partial charge in [0.25, 0.3) is 0 Å². The van der Waals surface area contributed by atoms with Crippen LogP contribution in [0.3, 0.4) is 0 Å². The van der Waals surface area contributed by atoms with Gasteiger partial charge in [0.15, 0.2) is 0 Å². The molecule has 1 aromatic carbocycles. The van der Waals surface area contributed by atoms with E-state index in [9.17, 15) is 9.90 Å². The van der Waals surface area contributed by atoms with Gasteiger partial charge in [0.2, 0.25) is 0 Å². The second-order valence-electron chi connectivity index (χ2n) is 4.64. The maximum atomic E-state index is 11.1. The molecule has 0 bridgehead atoms. The average molecular weight is 204 g/mol. The standard InChI is InChI=1S/C13H16O2/c1-8-3-4-11-10(5-8)6-9(2)7-12(11)13(14)15/h3-5,9,12H,6-7H2,1-2H3,(H,14,15). The van der Waals surface area contributed by atoms with Crippen molar-refractivity contribution >= 4 is 5.97 Å². The van der Waals surface area contributed by atoms with Gasteiger partial charge in [0, 0.05) is 0 Å². The molecule has 0 saturated carbocycles. The Labute approximate surface area is 89.9 Å². The molecule has 1 aliphatic carbocycles. The molecule has 0 spiro atoms. The number of hydrogen-bond donors (Lipinski definition) is 1. The van der Waals surface area contributed by atoms with Crippen molar-refractivity contribution in [3.05, 3.63) is 34.9 Å². The Morgan fingerprint density at radius 3 is 2.87 bits per heavy atom. The smallest absolute Gasteiger partial charge is 0.310 e. The quantitative estimate of drug-likeness (QED) is 0.763. The van der Waals surface area contributed by atoms with Crippen LogP contribution in [0, 0.1) is 12.8 Å². The third-order valence-corrected chi connectivity index (χ3v) is 3.18. The monoisotopic (exact) mass is 204 g/mol. The van der Waals surface area contributed by atoms with E-state index in [1.165, 1.54) is 11.1 Å². The molecule has 1 aromatic rings. The average Bonchev–Trinajstić information content (AvgIpc) is 2.15. The number of aliphatic carboxylic acids is 1. The second-order valence-corrected chi connectivity index (χ2v) is 4.64. The zero-order valence-corrected chi connectivity index (χ0v) is 9.16. The van der Waals surface area contributed by atoms with Gasteiger partial charge in [-0.1, -0.05) is 30.7 Å². The Balaban J connectivity index is 2.46. The summed E-state index contributed by atoms with van der Waals surface area (Å²) in [5, 5.41) is 9.17. The molecule has 1 aliphatic rings. The van der Waals surface area contributed by atoms with E-state index in [0.29, 0.717) is 5.92 Å². The first-order chi connectivity index (χ1) is 7.08. The lowest BCUT2D eigenvalue weighted by atomic mass is 9.77. The van der Waals surface area contributed by atoms with Gasteiger partial charge < -0.3 is 5.11 Å². The van der Waals surface area contributed by atoms with Crippen LogP contribution >= 0.6 is 0 Å². The predicted octanol–water partition coefficient (Wildman–Crippen LogP) is 2.75. The topological polar surface area (TPSA) is 37.3 Å². The fourth-order valence-electron chi connectivity index (χ4n) is 2.47. The zero-order chi connectivity index (χ0) is 11.0. The van der Waals surface area contributed by atoms with Crippen molar-refractivity contribution in [1.29, 1.82) is 0 Å². The molecule has 0 aliphatic heterocycles. The molecule has 2 unspecified atom stereocenters. The predicted molar refractivity (Wildman–Crippen MR) is 59.0 cm³/mol. The van der Waals surface area contributed by atoms with E-state index in [1.807, 2.05) is 12.1 Å². The summed E-state index contributed by atoms with van der Waals surface area (Å²) in [5.74, 6) is -0.517. The van der Waals surface area contributed by atoms with Crippen LogP contribution in [0.1, 0.15) is 36.0 Å². The van der Waals surface area contributed by atoms with Gasteiger partial charge >= 0.3 is 5.97 Å². The number of benzene rings is 1. The SMILES string of the molecule is Cc1ccc2c(c1)CC(C)CC2C(=O)O. The summed E-state index contributed by atoms with van der Waals surface area (Å²) in [6.07, 6.45) is 1.78. The fourth-order valence-corrected chi connectivity index (χ4v) is 2.47. The van der Waals surface area contributed by atoms with Gasteiger partial charge in [0.1, 0.15) is 0 Å². The summed E-state index contributed by atoms with van der Waals surface area (Å²) in [6, 6.07) is 6.11. The van der Waals surface area contributed by atoms with Crippen molar-refractivity contribution in [1.82, 2.24) is 0 Å². The Morgan fingerprint density at radius 2 is 2.20 bits per heavy atom. The molecule has 2 rings (SSSR count). The molecule has 0 radical (unpaired) electrons. The van der Waals surface area contributed by atoms with Gasteiger partial charge in [-0.05, 0) is 36.8 Å². The Hall–Kier alpha value is -1.31. The van der Waals surface area contributed by atoms with E-state index in [4.69, 9.17) is 0 Å². The van der Waals surface area contributed by atoms with E-state index in [2.05, 4.69) is 19.9 Å². The van der Waals surface area contributed by atoms with Crippen molar-refractivity contribution < 1.29 is 9.90 Å². The van der Waals surface area contributed by atoms with Gasteiger partial charge in [-0.25, -0.2) is 0 Å². The van der Waals surface area contributed by atoms with Crippen LogP contribution in [-0.2, 0) is 11.2 Å². The number of carbonyl (C=O) groups is 1. The Morgan fingerprint density at radius 1 is 1.47 bits per heavy atom. The van der Waals surface area contributed by atoms with E-state index in [1.54, 1.807) is 0 Å². The second kappa shape index (κ2) is 3.69. The number of carboxylic acid groups (broad SMARTS) is 1. The fraction of sp³-hybridized carbons (Fsp3) is 0.462. The van der Waals surface area contributed by atoms with Crippen molar-refractivity contribution in [3.8, 4) is 0 Å². The molecule has 0 saturated heterocycles. The van der Waals surface area contributed by atoms with E-state index >= 15 is 0 Å². The Kier molecular flexibility index (Phi) is 2.51. The molecular weight excluding hydrogens is 188 g/mol. The van der Waals surface area contributed by atoms with Crippen LogP contribution in [0.4, 0.5) is 0 Å². The number of fused-ring (bicyclic) bond motifs is 1. The van der Waals surface area contributed by atoms with Crippen LogP contribution in [-0.4, -0.2) is 11.1 Å². The van der Waals surface area contributed by atoms with Crippen LogP contribution in [0.25, 0.3) is 0 Å². The van der Waals surface area contributed by atoms with E-state index in [-0.39, 0.29) is 5.92 Å². The van der Waals surface area contributed by atoms with Gasteiger partial charge in [-0.2, -0.15) is 0 Å². The van der Waals surface area contributed by atoms with Crippen molar-refractivity contribution in [2.75, 3.05) is 0 Å². The third kappa shape index (κ3) is 1.89. The highest BCUT2D eigenvalue weighted by molar-refractivity contribution is 5.77. The summed E-state index contributed by atoms with van der Waals surface area (Å²) in [7, 11) is 0. The first-order valence-electron chi connectivity index (χ1n) is 5.40. The molecular formula is C13H16O2. The first kappa shape index (κ1) is 10.2. The highest BCUT2D eigenvalue weighted by atomic mass is 16.4. The summed E-state index contributed by atoms with van der Waals surface area (Å²) < 4.78 is 0. The summed E-state index contributed by atoms with van der Waals surface area (Å²) in [4.78, 5) is 11.1. The molecule has 0 fully saturated rings. The van der Waals surface area contributed by atoms with Crippen LogP contribution in [0.2, 0.25) is 0 Å². The van der Waals surface area contributed by atoms with E-state index < -0.39 is 5.97 Å². The lowest BCUT2D eigenvalue weighted by Crippen LogP contribution is -2.22. The number of hydrogen-bond acceptors (Lipinski definition) is 1. The molecule has 0 amide bonds. The number of aryl methyl sites for hydroxylation is 1. The van der Waals surface area contributed by atoms with Crippen molar-refractivity contribution in [2.24, 2.45) is 5.92 Å². The minimum atomic E-state index is -0.688. The van der Waals surface area contributed by atoms with E-state index in [0.717, 1.165) is 18.4 Å². The third-order valence-electron chi connectivity index (χ3n) is 3.18. The summed E-state index contributed by atoms with van der Waals surface area (Å²) in [6.45, 7) is 4.18. The van der Waals surface area contributed by atoms with Crippen LogP contribution < -0.4 is 0 Å². The lowest BCUT2D eigenvalue weighted by Gasteiger charge is -2.27. The highest BCUT2D eigenvalue weighted by Crippen LogP contribution is 2.35. The van der Waals surface area contributed by atoms with Crippen molar-refractivity contribution in [2.45, 2.75) is 32.6 Å². The lowest BCUT2D eigenvalue weighted by molar-refractivity contribution is -0.139. The van der Waals surface area contributed by atoms with Gasteiger partial charge in [-0.15, -0.1) is 0 Å². The minimum absolute atomic E-state index is 0.302. The molecule has 2 heteroatoms. The zero-order valence-electron chi connectivity index (χ0n) is 9.16. The first-order valence-corrected chi connectivity index (χ1v) is 5.40. The number of rotatable bonds is 1. The molecule has 0 aromatic heterocycles.